The van der Waals surface area contributed by atoms with Crippen LogP contribution in [0, 0.1) is 6.92 Å². The van der Waals surface area contributed by atoms with Gasteiger partial charge in [-0.1, -0.05) is 0 Å². The van der Waals surface area contributed by atoms with Gasteiger partial charge in [0.15, 0.2) is 0 Å². The lowest BCUT2D eigenvalue weighted by molar-refractivity contribution is 0.0993. The van der Waals surface area contributed by atoms with Gasteiger partial charge in [-0.25, -0.2) is 4.68 Å². The predicted octanol–water partition coefficient (Wildman–Crippen LogP) is -0.0565. The molecule has 0 radical (unpaired) electrons. The molecule has 1 rings (SSSR count). The Morgan fingerprint density at radius 1 is 1.56 bits per heavy atom. The number of primary amides is 1. The van der Waals surface area contributed by atoms with Gasteiger partial charge in [-0.15, -0.1) is 0 Å². The van der Waals surface area contributed by atoms with Gasteiger partial charge in [0.1, 0.15) is 12.2 Å². The Labute approximate surface area is 94.5 Å². The predicted molar refractivity (Wildman–Crippen MR) is 60.2 cm³/mol. The highest BCUT2D eigenvalue weighted by Crippen LogP contribution is 2.21. The van der Waals surface area contributed by atoms with Gasteiger partial charge in [0.05, 0.1) is 5.69 Å². The zero-order chi connectivity index (χ0) is 12.5. The van der Waals surface area contributed by atoms with Crippen molar-refractivity contribution in [3.8, 4) is 5.88 Å². The summed E-state index contributed by atoms with van der Waals surface area (Å²) in [5.74, 6) is -0.182. The molecule has 0 saturated heterocycles. The molecule has 1 heterocycles. The van der Waals surface area contributed by atoms with Gasteiger partial charge in [-0.05, 0) is 20.8 Å². The van der Waals surface area contributed by atoms with Crippen molar-refractivity contribution in [3.63, 3.8) is 0 Å². The van der Waals surface area contributed by atoms with Crippen molar-refractivity contribution in [2.75, 3.05) is 6.61 Å². The van der Waals surface area contributed by atoms with Gasteiger partial charge in [0, 0.05) is 12.6 Å². The molecular formula is C10H18N4O2. The molecule has 0 aromatic carbocycles. The Hall–Kier alpha value is -1.56. The largest absolute Gasteiger partial charge is 0.475 e. The molecule has 1 aromatic rings. The highest BCUT2D eigenvalue weighted by molar-refractivity contribution is 5.96. The fourth-order valence-corrected chi connectivity index (χ4v) is 1.34. The number of aryl methyl sites for hydroxylation is 2. The normalized spacial score (nSPS) is 11.6. The molecule has 1 amide bonds. The zero-order valence-electron chi connectivity index (χ0n) is 10.1. The summed E-state index contributed by atoms with van der Waals surface area (Å²) in [6.07, 6.45) is 0. The SMILES string of the molecule is Cc1nn(C)c(OCC(C)(C)N)c1C(N)=O. The summed E-state index contributed by atoms with van der Waals surface area (Å²) in [6.45, 7) is 5.66. The first-order valence-corrected chi connectivity index (χ1v) is 4.97. The number of aromatic nitrogens is 2. The fourth-order valence-electron chi connectivity index (χ4n) is 1.34. The number of amides is 1. The minimum atomic E-state index is -0.546. The van der Waals surface area contributed by atoms with Crippen LogP contribution in [-0.2, 0) is 7.05 Å². The minimum Gasteiger partial charge on any atom is -0.475 e. The van der Waals surface area contributed by atoms with E-state index in [0.717, 1.165) is 0 Å². The van der Waals surface area contributed by atoms with Crippen molar-refractivity contribution in [2.24, 2.45) is 18.5 Å². The van der Waals surface area contributed by atoms with E-state index in [2.05, 4.69) is 5.10 Å². The summed E-state index contributed by atoms with van der Waals surface area (Å²) in [5, 5.41) is 4.08. The van der Waals surface area contributed by atoms with Crippen molar-refractivity contribution < 1.29 is 9.53 Å². The second-order valence-electron chi connectivity index (χ2n) is 4.53. The Bertz CT molecular complexity index is 404. The molecule has 90 valence electrons. The van der Waals surface area contributed by atoms with Crippen LogP contribution in [0.3, 0.4) is 0 Å². The van der Waals surface area contributed by atoms with Crippen molar-refractivity contribution >= 4 is 5.91 Å². The molecule has 16 heavy (non-hydrogen) atoms. The van der Waals surface area contributed by atoms with Gasteiger partial charge in [-0.3, -0.25) is 4.79 Å². The second kappa shape index (κ2) is 4.13. The first kappa shape index (κ1) is 12.5. The van der Waals surface area contributed by atoms with E-state index in [0.29, 0.717) is 17.1 Å². The van der Waals surface area contributed by atoms with Crippen LogP contribution in [0.2, 0.25) is 0 Å². The Morgan fingerprint density at radius 2 is 2.12 bits per heavy atom. The van der Waals surface area contributed by atoms with Gasteiger partial charge >= 0.3 is 0 Å². The van der Waals surface area contributed by atoms with Gasteiger partial charge < -0.3 is 16.2 Å². The lowest BCUT2D eigenvalue weighted by Crippen LogP contribution is -2.39. The average Bonchev–Trinajstić information content (AvgIpc) is 2.35. The zero-order valence-corrected chi connectivity index (χ0v) is 10.1. The van der Waals surface area contributed by atoms with E-state index in [4.69, 9.17) is 16.2 Å². The highest BCUT2D eigenvalue weighted by atomic mass is 16.5. The molecule has 0 aliphatic carbocycles. The number of carbonyl (C=O) groups is 1. The molecule has 0 aliphatic heterocycles. The Morgan fingerprint density at radius 3 is 2.56 bits per heavy atom. The molecule has 0 bridgehead atoms. The Balaban J connectivity index is 2.99. The van der Waals surface area contributed by atoms with E-state index >= 15 is 0 Å². The molecule has 0 aliphatic rings. The molecular weight excluding hydrogens is 208 g/mol. The number of nitrogens with two attached hydrogens (primary N) is 2. The summed E-state index contributed by atoms with van der Waals surface area (Å²) >= 11 is 0. The monoisotopic (exact) mass is 226 g/mol. The second-order valence-corrected chi connectivity index (χ2v) is 4.53. The van der Waals surface area contributed by atoms with Crippen LogP contribution in [0.4, 0.5) is 0 Å². The molecule has 0 saturated carbocycles. The fraction of sp³-hybridized carbons (Fsp3) is 0.600. The molecule has 0 atom stereocenters. The van der Waals surface area contributed by atoms with Gasteiger partial charge in [-0.2, -0.15) is 5.10 Å². The summed E-state index contributed by atoms with van der Waals surface area (Å²) in [4.78, 5) is 11.2. The molecule has 6 nitrogen and oxygen atoms in total. The lowest BCUT2D eigenvalue weighted by Gasteiger charge is -2.19. The van der Waals surface area contributed by atoms with Crippen LogP contribution in [0.5, 0.6) is 5.88 Å². The van der Waals surface area contributed by atoms with Crippen LogP contribution in [-0.4, -0.2) is 27.8 Å². The number of rotatable bonds is 4. The number of nitrogens with zero attached hydrogens (tertiary/aromatic N) is 2. The molecule has 0 unspecified atom stereocenters. The van der Waals surface area contributed by atoms with Crippen molar-refractivity contribution in [1.82, 2.24) is 9.78 Å². The third kappa shape index (κ3) is 2.73. The third-order valence-corrected chi connectivity index (χ3v) is 2.00. The summed E-state index contributed by atoms with van der Waals surface area (Å²) in [7, 11) is 1.69. The van der Waals surface area contributed by atoms with E-state index in [1.165, 1.54) is 4.68 Å². The van der Waals surface area contributed by atoms with Crippen LogP contribution in [0.1, 0.15) is 29.9 Å². The standard InChI is InChI=1S/C10H18N4O2/c1-6-7(8(11)15)9(14(4)13-6)16-5-10(2,3)12/h5,12H2,1-4H3,(H2,11,15). The van der Waals surface area contributed by atoms with Crippen LogP contribution >= 0.6 is 0 Å². The van der Waals surface area contributed by atoms with E-state index in [-0.39, 0.29) is 6.61 Å². The third-order valence-electron chi connectivity index (χ3n) is 2.00. The first-order chi connectivity index (χ1) is 7.22. The highest BCUT2D eigenvalue weighted by Gasteiger charge is 2.21. The van der Waals surface area contributed by atoms with E-state index < -0.39 is 11.4 Å². The lowest BCUT2D eigenvalue weighted by atomic mass is 10.1. The molecule has 0 spiro atoms. The maximum absolute atomic E-state index is 11.2. The van der Waals surface area contributed by atoms with Crippen molar-refractivity contribution in [3.05, 3.63) is 11.3 Å². The number of ether oxygens (including phenoxy) is 1. The molecule has 6 heteroatoms. The van der Waals surface area contributed by atoms with Gasteiger partial charge in [0.25, 0.3) is 5.91 Å². The smallest absolute Gasteiger partial charge is 0.256 e. The molecule has 1 aromatic heterocycles. The quantitative estimate of drug-likeness (QED) is 0.752. The van der Waals surface area contributed by atoms with E-state index in [1.54, 1.807) is 14.0 Å². The van der Waals surface area contributed by atoms with E-state index in [1.807, 2.05) is 13.8 Å². The van der Waals surface area contributed by atoms with Crippen LogP contribution in [0.15, 0.2) is 0 Å². The van der Waals surface area contributed by atoms with Crippen LogP contribution < -0.4 is 16.2 Å². The Kier molecular flexibility index (Phi) is 3.23. The minimum absolute atomic E-state index is 0.284. The summed E-state index contributed by atoms with van der Waals surface area (Å²) in [5.41, 5.74) is 11.4. The average molecular weight is 226 g/mol. The number of carbonyl (C=O) groups excluding carboxylic acids is 1. The molecule has 4 N–H and O–H groups in total. The van der Waals surface area contributed by atoms with Gasteiger partial charge in [0.2, 0.25) is 5.88 Å². The number of hydrogen-bond donors (Lipinski definition) is 2. The van der Waals surface area contributed by atoms with Crippen molar-refractivity contribution in [2.45, 2.75) is 26.3 Å². The van der Waals surface area contributed by atoms with Crippen molar-refractivity contribution in [1.29, 1.82) is 0 Å². The van der Waals surface area contributed by atoms with Crippen LogP contribution in [0.25, 0.3) is 0 Å². The summed E-state index contributed by atoms with van der Waals surface area (Å²) < 4.78 is 6.98. The molecule has 0 fully saturated rings. The maximum atomic E-state index is 11.2. The van der Waals surface area contributed by atoms with E-state index in [9.17, 15) is 4.79 Å². The topological polar surface area (TPSA) is 96.2 Å². The number of hydrogen-bond acceptors (Lipinski definition) is 4. The maximum Gasteiger partial charge on any atom is 0.256 e. The summed E-state index contributed by atoms with van der Waals surface area (Å²) in [6, 6.07) is 0. The first-order valence-electron chi connectivity index (χ1n) is 4.97.